The van der Waals surface area contributed by atoms with Crippen molar-refractivity contribution in [3.8, 4) is 0 Å². The van der Waals surface area contributed by atoms with Gasteiger partial charge in [-0.1, -0.05) is 62.7 Å². The molecule has 0 aromatic heterocycles. The highest BCUT2D eigenvalue weighted by atomic mass is 35.5. The Balaban J connectivity index is 2.30. The fraction of sp³-hybridized carbons (Fsp3) is 0.391. The zero-order valence-electron chi connectivity index (χ0n) is 17.5. The molecule has 0 saturated heterocycles. The normalized spacial score (nSPS) is 13.0. The Hall–Kier alpha value is -2.54. The molecule has 31 heavy (non-hydrogen) atoms. The van der Waals surface area contributed by atoms with E-state index in [-0.39, 0.29) is 34.5 Å². The summed E-state index contributed by atoms with van der Waals surface area (Å²) in [6, 6.07) is 11.1. The van der Waals surface area contributed by atoms with E-state index in [0.29, 0.717) is 5.56 Å². The number of aryl methyl sites for hydroxylation is 1. The molecule has 4 nitrogen and oxygen atoms in total. The number of alkyl halides is 3. The van der Waals surface area contributed by atoms with Gasteiger partial charge in [0.05, 0.1) is 23.0 Å². The van der Waals surface area contributed by atoms with Crippen molar-refractivity contribution >= 4 is 29.2 Å². The van der Waals surface area contributed by atoms with Crippen LogP contribution in [0.4, 0.5) is 18.9 Å². The van der Waals surface area contributed by atoms with E-state index in [9.17, 15) is 22.8 Å². The first-order chi connectivity index (χ1) is 14.3. The van der Waals surface area contributed by atoms with Crippen LogP contribution in [0.1, 0.15) is 56.2 Å². The average molecular weight is 456 g/mol. The zero-order chi connectivity index (χ0) is 23.4. The predicted octanol–water partition coefficient (Wildman–Crippen LogP) is 6.33. The minimum Gasteiger partial charge on any atom is -0.481 e. The summed E-state index contributed by atoms with van der Waals surface area (Å²) in [7, 11) is 0. The second-order valence-corrected chi connectivity index (χ2v) is 8.85. The molecule has 0 spiro atoms. The third-order valence-electron chi connectivity index (χ3n) is 4.85. The Morgan fingerprint density at radius 2 is 1.68 bits per heavy atom. The average Bonchev–Trinajstić information content (AvgIpc) is 2.65. The first-order valence-electron chi connectivity index (χ1n) is 9.74. The Bertz CT molecular complexity index is 935. The Morgan fingerprint density at radius 3 is 2.19 bits per heavy atom. The third-order valence-corrected chi connectivity index (χ3v) is 5.18. The lowest BCUT2D eigenvalue weighted by molar-refractivity contribution is -0.146. The number of carboxylic acids is 1. The van der Waals surface area contributed by atoms with E-state index in [4.69, 9.17) is 16.7 Å². The van der Waals surface area contributed by atoms with E-state index < -0.39 is 30.4 Å². The molecule has 1 amide bonds. The van der Waals surface area contributed by atoms with Gasteiger partial charge in [0.25, 0.3) is 0 Å². The van der Waals surface area contributed by atoms with Gasteiger partial charge in [0.2, 0.25) is 5.91 Å². The largest absolute Gasteiger partial charge is 0.481 e. The van der Waals surface area contributed by atoms with Crippen LogP contribution in [0.25, 0.3) is 0 Å². The number of amides is 1. The number of benzene rings is 2. The molecule has 0 aliphatic carbocycles. The summed E-state index contributed by atoms with van der Waals surface area (Å²) in [5, 5.41) is 11.5. The molecular weight excluding hydrogens is 431 g/mol. The molecule has 1 atom stereocenters. The van der Waals surface area contributed by atoms with Gasteiger partial charge < -0.3 is 10.4 Å². The van der Waals surface area contributed by atoms with Crippen molar-refractivity contribution in [1.29, 1.82) is 0 Å². The van der Waals surface area contributed by atoms with E-state index in [1.807, 2.05) is 20.8 Å². The Kier molecular flexibility index (Phi) is 7.76. The lowest BCUT2D eigenvalue weighted by atomic mass is 9.85. The molecule has 0 aliphatic heterocycles. The van der Waals surface area contributed by atoms with Crippen LogP contribution >= 0.6 is 11.6 Å². The number of nitrogens with one attached hydrogen (secondary N) is 1. The fourth-order valence-electron chi connectivity index (χ4n) is 3.10. The highest BCUT2D eigenvalue weighted by Gasteiger charge is 2.36. The van der Waals surface area contributed by atoms with Crippen molar-refractivity contribution in [2.75, 3.05) is 5.32 Å². The van der Waals surface area contributed by atoms with Gasteiger partial charge in [-0.15, -0.1) is 0 Å². The molecule has 0 radical (unpaired) electrons. The number of hydrogen-bond acceptors (Lipinski definition) is 2. The van der Waals surface area contributed by atoms with E-state index in [0.717, 1.165) is 5.56 Å². The lowest BCUT2D eigenvalue weighted by Gasteiger charge is -2.22. The highest BCUT2D eigenvalue weighted by molar-refractivity contribution is 6.33. The van der Waals surface area contributed by atoms with E-state index >= 15 is 0 Å². The van der Waals surface area contributed by atoms with Crippen molar-refractivity contribution in [3.63, 3.8) is 0 Å². The van der Waals surface area contributed by atoms with Gasteiger partial charge in [-0.2, -0.15) is 13.2 Å². The summed E-state index contributed by atoms with van der Waals surface area (Å²) >= 11 is 6.10. The number of hydrogen-bond donors (Lipinski definition) is 2. The monoisotopic (exact) mass is 455 g/mol. The first kappa shape index (κ1) is 24.7. The second kappa shape index (κ2) is 9.73. The molecule has 0 bridgehead atoms. The number of carboxylic acid groups (broad SMARTS) is 1. The Labute approximate surface area is 184 Å². The maximum absolute atomic E-state index is 13.2. The van der Waals surface area contributed by atoms with Crippen molar-refractivity contribution < 1.29 is 27.9 Å². The van der Waals surface area contributed by atoms with Crippen LogP contribution in [-0.4, -0.2) is 23.2 Å². The van der Waals surface area contributed by atoms with Gasteiger partial charge in [0, 0.05) is 6.42 Å². The standard InChI is InChI=1S/C23H25ClF3NO3/c1-22(2,3)16-8-6-15(7-9-16)17(13-23(25,26)27)21(31)28-19-12-14(4-10-18(19)24)5-11-20(29)30/h4,6-10,12,17H,5,11,13H2,1-3H3,(H,28,31)(H,29,30)/t17-/m0/s1. The van der Waals surface area contributed by atoms with Gasteiger partial charge in [0.1, 0.15) is 0 Å². The summed E-state index contributed by atoms with van der Waals surface area (Å²) in [4.78, 5) is 23.6. The van der Waals surface area contributed by atoms with E-state index in [1.54, 1.807) is 30.3 Å². The molecule has 0 fully saturated rings. The molecular formula is C23H25ClF3NO3. The molecule has 2 rings (SSSR count). The van der Waals surface area contributed by atoms with E-state index in [2.05, 4.69) is 5.32 Å². The topological polar surface area (TPSA) is 66.4 Å². The minimum atomic E-state index is -4.54. The van der Waals surface area contributed by atoms with Gasteiger partial charge in [-0.25, -0.2) is 0 Å². The Morgan fingerprint density at radius 1 is 1.06 bits per heavy atom. The first-order valence-corrected chi connectivity index (χ1v) is 10.1. The highest BCUT2D eigenvalue weighted by Crippen LogP contribution is 2.34. The summed E-state index contributed by atoms with van der Waals surface area (Å²) in [6.45, 7) is 5.96. The number of aliphatic carboxylic acids is 1. The molecule has 8 heteroatoms. The molecule has 2 aromatic rings. The molecule has 168 valence electrons. The van der Waals surface area contributed by atoms with Gasteiger partial charge in [-0.3, -0.25) is 9.59 Å². The quantitative estimate of drug-likeness (QED) is 0.512. The van der Waals surface area contributed by atoms with Crippen molar-refractivity contribution in [1.82, 2.24) is 0 Å². The summed E-state index contributed by atoms with van der Waals surface area (Å²) < 4.78 is 39.7. The van der Waals surface area contributed by atoms with Crippen LogP contribution in [0.15, 0.2) is 42.5 Å². The molecule has 2 aromatic carbocycles. The second-order valence-electron chi connectivity index (χ2n) is 8.44. The van der Waals surface area contributed by atoms with Crippen molar-refractivity contribution in [2.45, 2.75) is 57.5 Å². The fourth-order valence-corrected chi connectivity index (χ4v) is 3.27. The summed E-state index contributed by atoms with van der Waals surface area (Å²) in [6.07, 6.45) is -5.77. The molecule has 0 saturated carbocycles. The van der Waals surface area contributed by atoms with Gasteiger partial charge in [-0.05, 0) is 40.7 Å². The third kappa shape index (κ3) is 7.58. The number of anilines is 1. The summed E-state index contributed by atoms with van der Waals surface area (Å²) in [5.74, 6) is -3.27. The number of halogens is 4. The SMILES string of the molecule is CC(C)(C)c1ccc([C@H](CC(F)(F)F)C(=O)Nc2cc(CCC(=O)O)ccc2Cl)cc1. The van der Waals surface area contributed by atoms with Gasteiger partial charge >= 0.3 is 12.1 Å². The molecule has 0 unspecified atom stereocenters. The molecule has 0 aliphatic rings. The number of carbonyl (C=O) groups is 2. The van der Waals surface area contributed by atoms with Crippen LogP contribution in [-0.2, 0) is 21.4 Å². The smallest absolute Gasteiger partial charge is 0.390 e. The maximum Gasteiger partial charge on any atom is 0.390 e. The molecule has 0 heterocycles. The number of carbonyl (C=O) groups excluding carboxylic acids is 1. The van der Waals surface area contributed by atoms with Crippen LogP contribution in [0.3, 0.4) is 0 Å². The van der Waals surface area contributed by atoms with Crippen molar-refractivity contribution in [3.05, 3.63) is 64.2 Å². The lowest BCUT2D eigenvalue weighted by Crippen LogP contribution is -2.26. The van der Waals surface area contributed by atoms with Crippen molar-refractivity contribution in [2.24, 2.45) is 0 Å². The van der Waals surface area contributed by atoms with Crippen LogP contribution in [0.5, 0.6) is 0 Å². The van der Waals surface area contributed by atoms with E-state index in [1.165, 1.54) is 12.1 Å². The van der Waals surface area contributed by atoms with Crippen LogP contribution in [0, 0.1) is 0 Å². The minimum absolute atomic E-state index is 0.119. The van der Waals surface area contributed by atoms with Gasteiger partial charge in [0.15, 0.2) is 0 Å². The molecule has 2 N–H and O–H groups in total. The zero-order valence-corrected chi connectivity index (χ0v) is 18.3. The predicted molar refractivity (Wildman–Crippen MR) is 115 cm³/mol. The van der Waals surface area contributed by atoms with Crippen LogP contribution in [0.2, 0.25) is 5.02 Å². The summed E-state index contributed by atoms with van der Waals surface area (Å²) in [5.41, 5.74) is 1.76. The van der Waals surface area contributed by atoms with Crippen LogP contribution < -0.4 is 5.32 Å². The maximum atomic E-state index is 13.2. The number of rotatable bonds is 7.